The number of nitrogens with zero attached hydrogens (tertiary/aromatic N) is 3. The van der Waals surface area contributed by atoms with Gasteiger partial charge in [-0.2, -0.15) is 5.10 Å². The van der Waals surface area contributed by atoms with Gasteiger partial charge in [-0.25, -0.2) is 9.50 Å². The second-order valence-corrected chi connectivity index (χ2v) is 5.97. The minimum atomic E-state index is 0.740. The lowest BCUT2D eigenvalue weighted by molar-refractivity contribution is 0.415. The Hall–Kier alpha value is -2.62. The molecule has 3 rings (SSSR count). The van der Waals surface area contributed by atoms with Crippen LogP contribution in [0.25, 0.3) is 16.9 Å². The zero-order valence-corrected chi connectivity index (χ0v) is 14.3. The monoisotopic (exact) mass is 321 g/mol. The van der Waals surface area contributed by atoms with Crippen LogP contribution in [-0.4, -0.2) is 21.7 Å². The van der Waals surface area contributed by atoms with Crippen molar-refractivity contribution < 1.29 is 4.74 Å². The average Bonchev–Trinajstić information content (AvgIpc) is 3.02. The van der Waals surface area contributed by atoms with Gasteiger partial charge in [0, 0.05) is 12.0 Å². The highest BCUT2D eigenvalue weighted by atomic mass is 16.5. The number of unbranched alkanes of at least 4 members (excludes halogenated alkanes) is 1. The molecule has 0 fully saturated rings. The van der Waals surface area contributed by atoms with Crippen LogP contribution in [0.1, 0.15) is 32.0 Å². The molecule has 0 aliphatic heterocycles. The second kappa shape index (κ2) is 7.30. The lowest BCUT2D eigenvalue weighted by Crippen LogP contribution is -1.96. The normalized spacial score (nSPS) is 10.9. The first kappa shape index (κ1) is 16.2. The number of ether oxygens (including phenoxy) is 1. The van der Waals surface area contributed by atoms with Gasteiger partial charge >= 0.3 is 0 Å². The summed E-state index contributed by atoms with van der Waals surface area (Å²) >= 11 is 0. The third-order valence-corrected chi connectivity index (χ3v) is 4.08. The number of hydrogen-bond acceptors (Lipinski definition) is 3. The topological polar surface area (TPSA) is 39.4 Å². The quantitative estimate of drug-likeness (QED) is 0.592. The van der Waals surface area contributed by atoms with Gasteiger partial charge in [0.15, 0.2) is 11.5 Å². The Bertz CT molecular complexity index is 834. The third kappa shape index (κ3) is 3.48. The number of hydrogen-bond donors (Lipinski definition) is 0. The first-order valence-electron chi connectivity index (χ1n) is 8.37. The van der Waals surface area contributed by atoms with Crippen molar-refractivity contribution in [2.24, 2.45) is 0 Å². The van der Waals surface area contributed by atoms with Crippen molar-refractivity contribution in [3.8, 4) is 17.0 Å². The Morgan fingerprint density at radius 1 is 1.17 bits per heavy atom. The summed E-state index contributed by atoms with van der Waals surface area (Å²) in [5.41, 5.74) is 4.16. The van der Waals surface area contributed by atoms with Crippen LogP contribution in [0.5, 0.6) is 5.75 Å². The highest BCUT2D eigenvalue weighted by Crippen LogP contribution is 2.23. The van der Waals surface area contributed by atoms with Crippen LogP contribution in [0.2, 0.25) is 0 Å². The van der Waals surface area contributed by atoms with Gasteiger partial charge in [0.1, 0.15) is 5.75 Å². The van der Waals surface area contributed by atoms with E-state index in [9.17, 15) is 0 Å². The predicted molar refractivity (Wildman–Crippen MR) is 97.3 cm³/mol. The molecule has 0 N–H and O–H groups in total. The molecule has 0 spiro atoms. The summed E-state index contributed by atoms with van der Waals surface area (Å²) in [6, 6.07) is 14.0. The van der Waals surface area contributed by atoms with Gasteiger partial charge in [-0.05, 0) is 49.2 Å². The van der Waals surface area contributed by atoms with Gasteiger partial charge < -0.3 is 4.74 Å². The van der Waals surface area contributed by atoms with Gasteiger partial charge in [0.05, 0.1) is 12.8 Å². The molecular weight excluding hydrogens is 298 g/mol. The molecule has 0 aliphatic rings. The average molecular weight is 321 g/mol. The summed E-state index contributed by atoms with van der Waals surface area (Å²) in [4.78, 5) is 4.65. The van der Waals surface area contributed by atoms with Crippen molar-refractivity contribution in [2.45, 2.75) is 32.6 Å². The Morgan fingerprint density at radius 3 is 2.67 bits per heavy atom. The number of fused-ring (bicyclic) bond motifs is 1. The number of rotatable bonds is 7. The zero-order valence-electron chi connectivity index (χ0n) is 14.3. The molecule has 2 aromatic heterocycles. The molecule has 4 heteroatoms. The Labute approximate surface area is 142 Å². The molecule has 0 bridgehead atoms. The van der Waals surface area contributed by atoms with Crippen LogP contribution in [-0.2, 0) is 6.42 Å². The van der Waals surface area contributed by atoms with Gasteiger partial charge in [-0.3, -0.25) is 0 Å². The van der Waals surface area contributed by atoms with Gasteiger partial charge in [-0.15, -0.1) is 0 Å². The number of methoxy groups -OCH3 is 1. The van der Waals surface area contributed by atoms with Crippen molar-refractivity contribution >= 4 is 5.65 Å². The zero-order chi connectivity index (χ0) is 16.9. The molecule has 1 aromatic carbocycles. The van der Waals surface area contributed by atoms with Crippen LogP contribution in [0, 0.1) is 0 Å². The van der Waals surface area contributed by atoms with Crippen molar-refractivity contribution in [2.75, 3.05) is 7.11 Å². The molecule has 0 atom stereocenters. The number of allylic oxidation sites excluding steroid dienone is 1. The Morgan fingerprint density at radius 2 is 1.96 bits per heavy atom. The van der Waals surface area contributed by atoms with E-state index in [-0.39, 0.29) is 0 Å². The molecule has 0 saturated carbocycles. The summed E-state index contributed by atoms with van der Waals surface area (Å²) in [7, 11) is 1.67. The minimum Gasteiger partial charge on any atom is -0.497 e. The van der Waals surface area contributed by atoms with E-state index in [0.29, 0.717) is 0 Å². The molecule has 2 heterocycles. The molecule has 24 heavy (non-hydrogen) atoms. The maximum atomic E-state index is 5.23. The third-order valence-electron chi connectivity index (χ3n) is 4.08. The Balaban J connectivity index is 1.90. The summed E-state index contributed by atoms with van der Waals surface area (Å²) in [5, 5.41) is 4.69. The van der Waals surface area contributed by atoms with E-state index in [0.717, 1.165) is 41.3 Å². The van der Waals surface area contributed by atoms with Crippen LogP contribution < -0.4 is 4.74 Å². The van der Waals surface area contributed by atoms with E-state index in [4.69, 9.17) is 9.84 Å². The maximum Gasteiger partial charge on any atom is 0.156 e. The largest absolute Gasteiger partial charge is 0.497 e. The molecule has 0 unspecified atom stereocenters. The van der Waals surface area contributed by atoms with Crippen molar-refractivity contribution in [3.63, 3.8) is 0 Å². The molecule has 4 nitrogen and oxygen atoms in total. The van der Waals surface area contributed by atoms with Crippen LogP contribution >= 0.6 is 0 Å². The number of pyridine rings is 1. The molecule has 0 radical (unpaired) electrons. The predicted octanol–water partition coefficient (Wildman–Crippen LogP) is 4.69. The summed E-state index contributed by atoms with van der Waals surface area (Å²) in [6.45, 7) is 6.35. The smallest absolute Gasteiger partial charge is 0.156 e. The first-order chi connectivity index (χ1) is 11.7. The van der Waals surface area contributed by atoms with E-state index in [2.05, 4.69) is 24.6 Å². The molecule has 3 aromatic rings. The molecule has 0 saturated heterocycles. The van der Waals surface area contributed by atoms with Crippen LogP contribution in [0.4, 0.5) is 0 Å². The summed E-state index contributed by atoms with van der Waals surface area (Å²) in [5.74, 6) is 1.68. The molecule has 0 aliphatic carbocycles. The van der Waals surface area contributed by atoms with Crippen molar-refractivity contribution in [3.05, 3.63) is 60.4 Å². The van der Waals surface area contributed by atoms with Gasteiger partial charge in [0.2, 0.25) is 0 Å². The van der Waals surface area contributed by atoms with Crippen molar-refractivity contribution in [1.29, 1.82) is 0 Å². The summed E-state index contributed by atoms with van der Waals surface area (Å²) < 4.78 is 7.14. The molecule has 124 valence electrons. The van der Waals surface area contributed by atoms with Gasteiger partial charge in [0.25, 0.3) is 0 Å². The highest BCUT2D eigenvalue weighted by molar-refractivity contribution is 5.63. The van der Waals surface area contributed by atoms with Crippen molar-refractivity contribution in [1.82, 2.24) is 14.6 Å². The fourth-order valence-corrected chi connectivity index (χ4v) is 2.74. The maximum absolute atomic E-state index is 5.23. The van der Waals surface area contributed by atoms with E-state index in [1.165, 1.54) is 18.4 Å². The van der Waals surface area contributed by atoms with Crippen LogP contribution in [0.15, 0.2) is 54.6 Å². The van der Waals surface area contributed by atoms with E-state index >= 15 is 0 Å². The minimum absolute atomic E-state index is 0.740. The van der Waals surface area contributed by atoms with Gasteiger partial charge in [-0.1, -0.05) is 31.6 Å². The lowest BCUT2D eigenvalue weighted by Gasteiger charge is -2.05. The van der Waals surface area contributed by atoms with E-state index in [1.54, 1.807) is 7.11 Å². The standard InChI is InChI=1S/C20H23N3O/c1-4-5-7-15(2)14-19-21-20-9-6-8-18(23(20)22-19)16-10-12-17(24-3)13-11-16/h6,8-13H,2,4-5,7,14H2,1,3H3. The number of benzene rings is 1. The molecular formula is C20H23N3O. The fourth-order valence-electron chi connectivity index (χ4n) is 2.74. The van der Waals surface area contributed by atoms with E-state index in [1.807, 2.05) is 40.9 Å². The summed E-state index contributed by atoms with van der Waals surface area (Å²) in [6.07, 6.45) is 4.13. The highest BCUT2D eigenvalue weighted by Gasteiger charge is 2.10. The molecule has 0 amide bonds. The Kier molecular flexibility index (Phi) is 4.94. The second-order valence-electron chi connectivity index (χ2n) is 5.97. The first-order valence-corrected chi connectivity index (χ1v) is 8.37. The SMILES string of the molecule is C=C(CCCC)Cc1nc2cccc(-c3ccc(OC)cc3)n2n1. The fraction of sp³-hybridized carbons (Fsp3) is 0.300. The number of aromatic nitrogens is 3. The van der Waals surface area contributed by atoms with E-state index < -0.39 is 0 Å². The van der Waals surface area contributed by atoms with Crippen LogP contribution in [0.3, 0.4) is 0 Å². The lowest BCUT2D eigenvalue weighted by atomic mass is 10.1.